The molecule has 6 heteroatoms. The van der Waals surface area contributed by atoms with E-state index in [9.17, 15) is 9.59 Å². The number of carboxylic acids is 1. The Labute approximate surface area is 100 Å². The van der Waals surface area contributed by atoms with E-state index in [-0.39, 0.29) is 18.9 Å². The number of nitrogens with one attached hydrogen (secondary N) is 1. The fourth-order valence-electron chi connectivity index (χ4n) is 1.63. The second-order valence-electron chi connectivity index (χ2n) is 4.10. The SMILES string of the molecule is CCCOCCC(=O)NC1(C(=O)O)CCOC1. The summed E-state index contributed by atoms with van der Waals surface area (Å²) in [6, 6.07) is 0. The molecule has 0 saturated carbocycles. The number of rotatable bonds is 7. The van der Waals surface area contributed by atoms with Crippen molar-refractivity contribution in [1.82, 2.24) is 5.32 Å². The van der Waals surface area contributed by atoms with Crippen molar-refractivity contribution in [3.8, 4) is 0 Å². The molecule has 0 bridgehead atoms. The van der Waals surface area contributed by atoms with Gasteiger partial charge in [0.2, 0.25) is 5.91 Å². The van der Waals surface area contributed by atoms with Gasteiger partial charge in [-0.3, -0.25) is 4.79 Å². The van der Waals surface area contributed by atoms with Gasteiger partial charge in [0.25, 0.3) is 0 Å². The molecule has 1 aliphatic rings. The van der Waals surface area contributed by atoms with E-state index in [1.807, 2.05) is 6.92 Å². The van der Waals surface area contributed by atoms with Crippen LogP contribution < -0.4 is 5.32 Å². The Morgan fingerprint density at radius 1 is 1.47 bits per heavy atom. The predicted molar refractivity (Wildman–Crippen MR) is 59.7 cm³/mol. The number of carbonyl (C=O) groups excluding carboxylic acids is 1. The van der Waals surface area contributed by atoms with Gasteiger partial charge in [0.05, 0.1) is 13.2 Å². The van der Waals surface area contributed by atoms with Crippen LogP contribution in [-0.2, 0) is 19.1 Å². The highest BCUT2D eigenvalue weighted by Gasteiger charge is 2.43. The predicted octanol–water partition coefficient (Wildman–Crippen LogP) is 0.163. The number of ether oxygens (including phenoxy) is 2. The molecule has 1 rings (SSSR count). The molecular formula is C11H19NO5. The molecule has 0 radical (unpaired) electrons. The lowest BCUT2D eigenvalue weighted by molar-refractivity contribution is -0.147. The molecule has 1 heterocycles. The van der Waals surface area contributed by atoms with E-state index in [4.69, 9.17) is 14.6 Å². The highest BCUT2D eigenvalue weighted by atomic mass is 16.5. The van der Waals surface area contributed by atoms with E-state index >= 15 is 0 Å². The van der Waals surface area contributed by atoms with E-state index < -0.39 is 11.5 Å². The van der Waals surface area contributed by atoms with Gasteiger partial charge in [-0.05, 0) is 6.42 Å². The summed E-state index contributed by atoms with van der Waals surface area (Å²) in [4.78, 5) is 22.7. The standard InChI is InChI=1S/C11H19NO5/c1-2-5-16-6-3-9(13)12-11(10(14)15)4-7-17-8-11/h2-8H2,1H3,(H,12,13)(H,14,15). The maximum absolute atomic E-state index is 11.6. The molecular weight excluding hydrogens is 226 g/mol. The molecule has 98 valence electrons. The fraction of sp³-hybridized carbons (Fsp3) is 0.818. The van der Waals surface area contributed by atoms with Gasteiger partial charge < -0.3 is 19.9 Å². The number of aliphatic carboxylic acids is 1. The molecule has 0 aromatic rings. The first-order chi connectivity index (χ1) is 8.10. The van der Waals surface area contributed by atoms with Gasteiger partial charge >= 0.3 is 5.97 Å². The van der Waals surface area contributed by atoms with Crippen molar-refractivity contribution >= 4 is 11.9 Å². The van der Waals surface area contributed by atoms with Crippen LogP contribution in [0, 0.1) is 0 Å². The van der Waals surface area contributed by atoms with E-state index in [1.165, 1.54) is 0 Å². The van der Waals surface area contributed by atoms with Crippen molar-refractivity contribution in [3.63, 3.8) is 0 Å². The molecule has 0 aliphatic carbocycles. The third kappa shape index (κ3) is 3.98. The van der Waals surface area contributed by atoms with Crippen LogP contribution in [0.3, 0.4) is 0 Å². The molecule has 2 N–H and O–H groups in total. The molecule has 1 aliphatic heterocycles. The van der Waals surface area contributed by atoms with Gasteiger partial charge in [0.1, 0.15) is 0 Å². The minimum atomic E-state index is -1.25. The fourth-order valence-corrected chi connectivity index (χ4v) is 1.63. The maximum Gasteiger partial charge on any atom is 0.331 e. The molecule has 0 spiro atoms. The summed E-state index contributed by atoms with van der Waals surface area (Å²) in [5.41, 5.74) is -1.25. The quantitative estimate of drug-likeness (QED) is 0.624. The maximum atomic E-state index is 11.6. The molecule has 0 aromatic carbocycles. The van der Waals surface area contributed by atoms with Gasteiger partial charge in [0, 0.05) is 26.1 Å². The van der Waals surface area contributed by atoms with Crippen LogP contribution in [0.15, 0.2) is 0 Å². The summed E-state index contributed by atoms with van der Waals surface area (Å²) >= 11 is 0. The van der Waals surface area contributed by atoms with Crippen molar-refractivity contribution < 1.29 is 24.2 Å². The molecule has 1 atom stereocenters. The van der Waals surface area contributed by atoms with E-state index in [0.29, 0.717) is 26.2 Å². The minimum absolute atomic E-state index is 0.0316. The Bertz CT molecular complexity index is 273. The van der Waals surface area contributed by atoms with Gasteiger partial charge in [-0.15, -0.1) is 0 Å². The second-order valence-corrected chi connectivity index (χ2v) is 4.10. The molecule has 1 unspecified atom stereocenters. The molecule has 0 aromatic heterocycles. The zero-order chi connectivity index (χ0) is 12.7. The molecule has 17 heavy (non-hydrogen) atoms. The molecule has 1 saturated heterocycles. The highest BCUT2D eigenvalue weighted by molar-refractivity contribution is 5.87. The van der Waals surface area contributed by atoms with Crippen molar-refractivity contribution in [2.75, 3.05) is 26.4 Å². The van der Waals surface area contributed by atoms with E-state index in [0.717, 1.165) is 6.42 Å². The lowest BCUT2D eigenvalue weighted by atomic mass is 9.99. The molecule has 1 amide bonds. The summed E-state index contributed by atoms with van der Waals surface area (Å²) in [7, 11) is 0. The third-order valence-corrected chi connectivity index (χ3v) is 2.63. The number of carbonyl (C=O) groups is 2. The first-order valence-electron chi connectivity index (χ1n) is 5.80. The van der Waals surface area contributed by atoms with Crippen LogP contribution in [0.2, 0.25) is 0 Å². The average Bonchev–Trinajstić information content (AvgIpc) is 2.74. The van der Waals surface area contributed by atoms with Crippen molar-refractivity contribution in [2.24, 2.45) is 0 Å². The Balaban J connectivity index is 2.35. The first-order valence-corrected chi connectivity index (χ1v) is 5.80. The summed E-state index contributed by atoms with van der Waals surface area (Å²) < 4.78 is 10.2. The summed E-state index contributed by atoms with van der Waals surface area (Å²) in [6.45, 7) is 3.30. The Kier molecular flexibility index (Phi) is 5.37. The topological polar surface area (TPSA) is 84.9 Å². The van der Waals surface area contributed by atoms with Crippen LogP contribution in [0.25, 0.3) is 0 Å². The van der Waals surface area contributed by atoms with Crippen LogP contribution in [0.1, 0.15) is 26.2 Å². The first kappa shape index (κ1) is 13.9. The lowest BCUT2D eigenvalue weighted by Crippen LogP contribution is -2.55. The largest absolute Gasteiger partial charge is 0.479 e. The summed E-state index contributed by atoms with van der Waals surface area (Å²) in [5.74, 6) is -1.35. The Hall–Kier alpha value is -1.14. The number of hydrogen-bond donors (Lipinski definition) is 2. The number of hydrogen-bond acceptors (Lipinski definition) is 4. The van der Waals surface area contributed by atoms with Gasteiger partial charge in [0.15, 0.2) is 5.54 Å². The van der Waals surface area contributed by atoms with E-state index in [1.54, 1.807) is 0 Å². The summed E-state index contributed by atoms with van der Waals surface area (Å²) in [5, 5.41) is 11.6. The van der Waals surface area contributed by atoms with Crippen LogP contribution in [-0.4, -0.2) is 48.9 Å². The van der Waals surface area contributed by atoms with Crippen molar-refractivity contribution in [2.45, 2.75) is 31.7 Å². The minimum Gasteiger partial charge on any atom is -0.479 e. The van der Waals surface area contributed by atoms with Crippen LogP contribution >= 0.6 is 0 Å². The van der Waals surface area contributed by atoms with Gasteiger partial charge in [-0.25, -0.2) is 4.79 Å². The Morgan fingerprint density at radius 3 is 2.76 bits per heavy atom. The smallest absolute Gasteiger partial charge is 0.331 e. The monoisotopic (exact) mass is 245 g/mol. The normalized spacial score (nSPS) is 23.6. The summed E-state index contributed by atoms with van der Waals surface area (Å²) in [6.07, 6.45) is 1.38. The zero-order valence-corrected chi connectivity index (χ0v) is 10.0. The highest BCUT2D eigenvalue weighted by Crippen LogP contribution is 2.19. The zero-order valence-electron chi connectivity index (χ0n) is 10.0. The average molecular weight is 245 g/mol. The number of amides is 1. The van der Waals surface area contributed by atoms with Gasteiger partial charge in [-0.2, -0.15) is 0 Å². The van der Waals surface area contributed by atoms with E-state index in [2.05, 4.69) is 5.32 Å². The van der Waals surface area contributed by atoms with Crippen LogP contribution in [0.5, 0.6) is 0 Å². The Morgan fingerprint density at radius 2 is 2.24 bits per heavy atom. The molecule has 6 nitrogen and oxygen atoms in total. The lowest BCUT2D eigenvalue weighted by Gasteiger charge is -2.23. The molecule has 1 fully saturated rings. The van der Waals surface area contributed by atoms with Crippen molar-refractivity contribution in [3.05, 3.63) is 0 Å². The van der Waals surface area contributed by atoms with Gasteiger partial charge in [-0.1, -0.05) is 6.92 Å². The third-order valence-electron chi connectivity index (χ3n) is 2.63. The van der Waals surface area contributed by atoms with Crippen molar-refractivity contribution in [1.29, 1.82) is 0 Å². The number of carboxylic acid groups (broad SMARTS) is 1. The second kappa shape index (κ2) is 6.56. The van der Waals surface area contributed by atoms with Crippen LogP contribution in [0.4, 0.5) is 0 Å².